The molecule has 2 rings (SSSR count). The molecule has 0 aliphatic heterocycles. The summed E-state index contributed by atoms with van der Waals surface area (Å²) in [5.41, 5.74) is 1.15. The second kappa shape index (κ2) is 11.2. The number of carbonyl (C=O) groups is 2. The normalized spacial score (nSPS) is 13.6. The number of carbonyl (C=O) groups excluding carboxylic acids is 2. The Balaban J connectivity index is 2.19. The molecule has 0 aliphatic carbocycles. The number of hydrogen-bond acceptors (Lipinski definition) is 4. The molecule has 0 fully saturated rings. The van der Waals surface area contributed by atoms with E-state index >= 15 is 0 Å². The number of benzene rings is 2. The molecule has 2 N–H and O–H groups in total. The Morgan fingerprint density at radius 3 is 2.09 bits per heavy atom. The summed E-state index contributed by atoms with van der Waals surface area (Å²) >= 11 is 0. The van der Waals surface area contributed by atoms with Crippen LogP contribution >= 0.6 is 0 Å². The molecular formula is C24H33N3O4S. The van der Waals surface area contributed by atoms with Gasteiger partial charge in [-0.3, -0.25) is 9.59 Å². The zero-order valence-electron chi connectivity index (χ0n) is 19.3. The van der Waals surface area contributed by atoms with Crippen LogP contribution < -0.4 is 10.6 Å². The molecule has 8 heteroatoms. The van der Waals surface area contributed by atoms with Crippen molar-refractivity contribution >= 4 is 21.8 Å². The molecule has 2 aromatic carbocycles. The second-order valence-electron chi connectivity index (χ2n) is 7.95. The van der Waals surface area contributed by atoms with Gasteiger partial charge in [0.15, 0.2) is 0 Å². The van der Waals surface area contributed by atoms with Gasteiger partial charge in [-0.1, -0.05) is 64.1 Å². The molecule has 2 atom stereocenters. The number of nitrogens with one attached hydrogen (secondary N) is 2. The lowest BCUT2D eigenvalue weighted by Gasteiger charge is -2.24. The lowest BCUT2D eigenvalue weighted by molar-refractivity contribution is -0.124. The number of nitrogens with zero attached hydrogens (tertiary/aromatic N) is 1. The summed E-state index contributed by atoms with van der Waals surface area (Å²) in [7, 11) is -3.69. The highest BCUT2D eigenvalue weighted by atomic mass is 32.2. The van der Waals surface area contributed by atoms with E-state index in [0.717, 1.165) is 5.56 Å². The molecule has 0 bridgehead atoms. The van der Waals surface area contributed by atoms with Gasteiger partial charge in [-0.2, -0.15) is 4.31 Å². The second-order valence-corrected chi connectivity index (χ2v) is 9.89. The van der Waals surface area contributed by atoms with Crippen molar-refractivity contribution in [3.8, 4) is 0 Å². The van der Waals surface area contributed by atoms with Crippen molar-refractivity contribution in [3.63, 3.8) is 0 Å². The smallest absolute Gasteiger partial charge is 0.251 e. The Labute approximate surface area is 191 Å². The predicted octanol–water partition coefficient (Wildman–Crippen LogP) is 3.35. The van der Waals surface area contributed by atoms with Gasteiger partial charge in [0, 0.05) is 18.7 Å². The predicted molar refractivity (Wildman–Crippen MR) is 126 cm³/mol. The maximum Gasteiger partial charge on any atom is 0.251 e. The first-order valence-corrected chi connectivity index (χ1v) is 12.3. The van der Waals surface area contributed by atoms with E-state index in [2.05, 4.69) is 10.6 Å². The number of rotatable bonds is 10. The topological polar surface area (TPSA) is 95.6 Å². The molecule has 0 radical (unpaired) electrons. The third kappa shape index (κ3) is 6.17. The monoisotopic (exact) mass is 459 g/mol. The van der Waals surface area contributed by atoms with Crippen LogP contribution in [0.25, 0.3) is 0 Å². The minimum atomic E-state index is -3.69. The summed E-state index contributed by atoms with van der Waals surface area (Å²) in [6.07, 6.45) is 0. The summed E-state index contributed by atoms with van der Waals surface area (Å²) in [5, 5.41) is 5.71. The van der Waals surface area contributed by atoms with Gasteiger partial charge in [-0.15, -0.1) is 0 Å². The average molecular weight is 460 g/mol. The Morgan fingerprint density at radius 2 is 1.53 bits per heavy atom. The molecule has 0 spiro atoms. The van der Waals surface area contributed by atoms with Crippen molar-refractivity contribution in [3.05, 3.63) is 65.7 Å². The van der Waals surface area contributed by atoms with Crippen molar-refractivity contribution in [1.29, 1.82) is 0 Å². The minimum Gasteiger partial charge on any atom is -0.348 e. The summed E-state index contributed by atoms with van der Waals surface area (Å²) in [4.78, 5) is 25.9. The van der Waals surface area contributed by atoms with Gasteiger partial charge < -0.3 is 10.6 Å². The van der Waals surface area contributed by atoms with Crippen molar-refractivity contribution in [2.75, 3.05) is 13.1 Å². The van der Waals surface area contributed by atoms with Crippen LogP contribution in [0.15, 0.2) is 59.5 Å². The maximum absolute atomic E-state index is 12.9. The van der Waals surface area contributed by atoms with Crippen LogP contribution in [0, 0.1) is 5.92 Å². The van der Waals surface area contributed by atoms with Crippen LogP contribution in [-0.4, -0.2) is 43.7 Å². The van der Waals surface area contributed by atoms with E-state index in [1.54, 1.807) is 19.9 Å². The fourth-order valence-electron chi connectivity index (χ4n) is 3.40. The molecule has 0 saturated heterocycles. The van der Waals surface area contributed by atoms with Crippen molar-refractivity contribution < 1.29 is 18.0 Å². The minimum absolute atomic E-state index is 0.0529. The number of amides is 2. The van der Waals surface area contributed by atoms with Crippen LogP contribution in [0.1, 0.15) is 56.6 Å². The summed E-state index contributed by atoms with van der Waals surface area (Å²) in [6, 6.07) is 14.5. The molecule has 0 saturated carbocycles. The molecule has 0 unspecified atom stereocenters. The lowest BCUT2D eigenvalue weighted by atomic mass is 10.0. The Bertz CT molecular complexity index is 1020. The van der Waals surface area contributed by atoms with E-state index in [9.17, 15) is 18.0 Å². The largest absolute Gasteiger partial charge is 0.348 e. The molecular weight excluding hydrogens is 426 g/mol. The Kier molecular flexibility index (Phi) is 8.98. The zero-order valence-corrected chi connectivity index (χ0v) is 20.1. The zero-order chi connectivity index (χ0) is 23.9. The Morgan fingerprint density at radius 1 is 0.906 bits per heavy atom. The van der Waals surface area contributed by atoms with E-state index < -0.39 is 22.0 Å². The van der Waals surface area contributed by atoms with E-state index in [4.69, 9.17) is 0 Å². The van der Waals surface area contributed by atoms with Gasteiger partial charge in [-0.05, 0) is 36.6 Å². The highest BCUT2D eigenvalue weighted by molar-refractivity contribution is 7.89. The van der Waals surface area contributed by atoms with Crippen LogP contribution in [0.3, 0.4) is 0 Å². The maximum atomic E-state index is 12.9. The van der Waals surface area contributed by atoms with Crippen LogP contribution in [0.4, 0.5) is 0 Å². The summed E-state index contributed by atoms with van der Waals surface area (Å²) in [5.74, 6) is -0.955. The first kappa shape index (κ1) is 25.5. The summed E-state index contributed by atoms with van der Waals surface area (Å²) < 4.78 is 26.9. The fourth-order valence-corrected chi connectivity index (χ4v) is 4.90. The van der Waals surface area contributed by atoms with Gasteiger partial charge in [0.1, 0.15) is 6.04 Å². The number of hydrogen-bond donors (Lipinski definition) is 2. The standard InChI is InChI=1S/C24H33N3O4S/c1-6-27(7-2)32(30,31)21-15-11-14-20(16-21)23(28)26-22(17(3)4)24(29)25-18(5)19-12-9-8-10-13-19/h8-18,22H,6-7H2,1-5H3,(H,25,29)(H,26,28)/t18-,22-/m1/s1. The van der Waals surface area contributed by atoms with Gasteiger partial charge >= 0.3 is 0 Å². The molecule has 32 heavy (non-hydrogen) atoms. The molecule has 7 nitrogen and oxygen atoms in total. The average Bonchev–Trinajstić information content (AvgIpc) is 2.78. The first-order chi connectivity index (χ1) is 15.1. The molecule has 0 aliphatic rings. The third-order valence-corrected chi connectivity index (χ3v) is 7.38. The van der Waals surface area contributed by atoms with Gasteiger partial charge in [0.2, 0.25) is 15.9 Å². The fraction of sp³-hybridized carbons (Fsp3) is 0.417. The molecule has 0 aromatic heterocycles. The van der Waals surface area contributed by atoms with Gasteiger partial charge in [0.05, 0.1) is 10.9 Å². The highest BCUT2D eigenvalue weighted by Gasteiger charge is 2.27. The summed E-state index contributed by atoms with van der Waals surface area (Å²) in [6.45, 7) is 9.78. The van der Waals surface area contributed by atoms with Crippen molar-refractivity contribution in [2.24, 2.45) is 5.92 Å². The van der Waals surface area contributed by atoms with Gasteiger partial charge in [0.25, 0.3) is 5.91 Å². The molecule has 174 valence electrons. The lowest BCUT2D eigenvalue weighted by Crippen LogP contribution is -2.50. The molecule has 2 aromatic rings. The van der Waals surface area contributed by atoms with E-state index in [0.29, 0.717) is 13.1 Å². The van der Waals surface area contributed by atoms with E-state index in [1.807, 2.05) is 51.1 Å². The third-order valence-electron chi connectivity index (χ3n) is 5.33. The van der Waals surface area contributed by atoms with Crippen molar-refractivity contribution in [1.82, 2.24) is 14.9 Å². The molecule has 0 heterocycles. The van der Waals surface area contributed by atoms with Gasteiger partial charge in [-0.25, -0.2) is 8.42 Å². The Hall–Kier alpha value is -2.71. The van der Waals surface area contributed by atoms with Crippen LogP contribution in [0.2, 0.25) is 0 Å². The first-order valence-electron chi connectivity index (χ1n) is 10.9. The SMILES string of the molecule is CCN(CC)S(=O)(=O)c1cccc(C(=O)N[C@@H](C(=O)N[C@H](C)c2ccccc2)C(C)C)c1. The van der Waals surface area contributed by atoms with Crippen LogP contribution in [-0.2, 0) is 14.8 Å². The molecule has 2 amide bonds. The highest BCUT2D eigenvalue weighted by Crippen LogP contribution is 2.18. The quantitative estimate of drug-likeness (QED) is 0.570. The van der Waals surface area contributed by atoms with Crippen molar-refractivity contribution in [2.45, 2.75) is 51.6 Å². The number of sulfonamides is 1. The van der Waals surface area contributed by atoms with E-state index in [-0.39, 0.29) is 28.3 Å². The van der Waals surface area contributed by atoms with Crippen LogP contribution in [0.5, 0.6) is 0 Å². The van der Waals surface area contributed by atoms with E-state index in [1.165, 1.54) is 22.5 Å².